The van der Waals surface area contributed by atoms with Crippen molar-refractivity contribution in [2.75, 3.05) is 0 Å². The molecule has 0 radical (unpaired) electrons. The molecule has 0 spiro atoms. The zero-order valence-corrected chi connectivity index (χ0v) is 14.0. The number of hydrogen-bond donors (Lipinski definition) is 0. The van der Waals surface area contributed by atoms with E-state index in [9.17, 15) is 16.8 Å². The molecule has 2 rings (SSSR count). The van der Waals surface area contributed by atoms with Crippen LogP contribution in [-0.2, 0) is 34.7 Å². The summed E-state index contributed by atoms with van der Waals surface area (Å²) in [6.45, 7) is 1.39. The fourth-order valence-electron chi connectivity index (χ4n) is 1.83. The van der Waals surface area contributed by atoms with E-state index in [1.54, 1.807) is 60.7 Å². The fourth-order valence-corrected chi connectivity index (χ4v) is 3.74. The van der Waals surface area contributed by atoms with Crippen molar-refractivity contribution in [3.05, 3.63) is 71.8 Å². The first-order valence-corrected chi connectivity index (χ1v) is 9.78. The van der Waals surface area contributed by atoms with Crippen LogP contribution in [-0.4, -0.2) is 16.8 Å². The van der Waals surface area contributed by atoms with E-state index < -0.39 is 31.2 Å². The lowest BCUT2D eigenvalue weighted by molar-refractivity contribution is -0.0865. The predicted molar refractivity (Wildman–Crippen MR) is 85.0 cm³/mol. The van der Waals surface area contributed by atoms with Crippen LogP contribution >= 0.6 is 0 Å². The van der Waals surface area contributed by atoms with Crippen LogP contribution in [0.4, 0.5) is 0 Å². The Kier molecular flexibility index (Phi) is 5.53. The molecule has 1 unspecified atom stereocenters. The first-order valence-electron chi connectivity index (χ1n) is 6.73. The summed E-state index contributed by atoms with van der Waals surface area (Å²) in [7, 11) is -8.43. The Labute approximate surface area is 135 Å². The molecular weight excluding hydrogens is 340 g/mol. The van der Waals surface area contributed by atoms with Crippen molar-refractivity contribution in [2.45, 2.75) is 17.9 Å². The maximum Gasteiger partial charge on any atom is 0.301 e. The molecule has 0 aromatic heterocycles. The van der Waals surface area contributed by atoms with Gasteiger partial charge in [0.05, 0.1) is 0 Å². The molecule has 0 N–H and O–H groups in total. The van der Waals surface area contributed by atoms with Gasteiger partial charge in [0.1, 0.15) is 11.0 Å². The standard InChI is InChI=1S/C15H16O6S2/c1-13(15-10-6-3-7-11-15)23(18,19)21-20-22(16,17)12-14-8-4-2-5-9-14/h2-11,13H,12H2,1H3. The molecule has 0 aliphatic rings. The predicted octanol–water partition coefficient (Wildman–Crippen LogP) is 2.56. The fraction of sp³-hybridized carbons (Fsp3) is 0.200. The molecule has 0 fully saturated rings. The van der Waals surface area contributed by atoms with E-state index in [2.05, 4.69) is 8.67 Å². The van der Waals surface area contributed by atoms with Gasteiger partial charge < -0.3 is 0 Å². The molecule has 0 saturated carbocycles. The number of benzene rings is 2. The Morgan fingerprint density at radius 2 is 1.35 bits per heavy atom. The average Bonchev–Trinajstić information content (AvgIpc) is 2.54. The highest BCUT2D eigenvalue weighted by atomic mass is 32.2. The van der Waals surface area contributed by atoms with E-state index in [0.717, 1.165) is 0 Å². The summed E-state index contributed by atoms with van der Waals surface area (Å²) in [5.74, 6) is -0.483. The Morgan fingerprint density at radius 1 is 0.826 bits per heavy atom. The number of hydrogen-bond acceptors (Lipinski definition) is 6. The van der Waals surface area contributed by atoms with Gasteiger partial charge in [0.2, 0.25) is 0 Å². The summed E-state index contributed by atoms with van der Waals surface area (Å²) in [4.78, 5) is 0. The largest absolute Gasteiger partial charge is 0.301 e. The summed E-state index contributed by atoms with van der Waals surface area (Å²) in [6, 6.07) is 16.5. The molecule has 0 bridgehead atoms. The zero-order chi connectivity index (χ0) is 16.9. The van der Waals surface area contributed by atoms with Gasteiger partial charge in [-0.25, -0.2) is 0 Å². The third-order valence-corrected chi connectivity index (χ3v) is 5.56. The maximum absolute atomic E-state index is 12.0. The van der Waals surface area contributed by atoms with E-state index in [0.29, 0.717) is 11.1 Å². The third kappa shape index (κ3) is 5.14. The van der Waals surface area contributed by atoms with Crippen LogP contribution in [0.5, 0.6) is 0 Å². The Balaban J connectivity index is 2.04. The molecule has 2 aromatic carbocycles. The van der Waals surface area contributed by atoms with E-state index >= 15 is 0 Å². The van der Waals surface area contributed by atoms with Crippen LogP contribution in [0.15, 0.2) is 60.7 Å². The lowest BCUT2D eigenvalue weighted by Crippen LogP contribution is -2.18. The molecule has 0 aliphatic heterocycles. The molecular formula is C15H16O6S2. The number of rotatable bonds is 7. The summed E-state index contributed by atoms with van der Waals surface area (Å²) in [5, 5.41) is -1.06. The van der Waals surface area contributed by atoms with Crippen molar-refractivity contribution in [1.82, 2.24) is 0 Å². The van der Waals surface area contributed by atoms with Gasteiger partial charge in [-0.2, -0.15) is 16.8 Å². The second-order valence-corrected chi connectivity index (χ2v) is 8.24. The van der Waals surface area contributed by atoms with Gasteiger partial charge in [-0.1, -0.05) is 69.3 Å². The Morgan fingerprint density at radius 3 is 1.91 bits per heavy atom. The van der Waals surface area contributed by atoms with E-state index in [-0.39, 0.29) is 0 Å². The lowest BCUT2D eigenvalue weighted by Gasteiger charge is -2.12. The van der Waals surface area contributed by atoms with Crippen LogP contribution in [0.2, 0.25) is 0 Å². The molecule has 0 heterocycles. The van der Waals surface area contributed by atoms with Gasteiger partial charge in [-0.15, -0.1) is 0 Å². The molecule has 0 amide bonds. The third-order valence-electron chi connectivity index (χ3n) is 3.11. The molecule has 1 atom stereocenters. The quantitative estimate of drug-likeness (QED) is 0.560. The van der Waals surface area contributed by atoms with Gasteiger partial charge in [-0.05, 0) is 18.1 Å². The average molecular weight is 356 g/mol. The van der Waals surface area contributed by atoms with Crippen molar-refractivity contribution >= 4 is 20.2 Å². The van der Waals surface area contributed by atoms with Crippen molar-refractivity contribution < 1.29 is 25.5 Å². The van der Waals surface area contributed by atoms with Gasteiger partial charge in [0.15, 0.2) is 0 Å². The molecule has 0 aliphatic carbocycles. The molecule has 0 saturated heterocycles. The van der Waals surface area contributed by atoms with Crippen molar-refractivity contribution in [1.29, 1.82) is 0 Å². The minimum Gasteiger partial charge on any atom is -0.197 e. The second-order valence-electron chi connectivity index (χ2n) is 4.87. The van der Waals surface area contributed by atoms with Crippen molar-refractivity contribution in [2.24, 2.45) is 0 Å². The van der Waals surface area contributed by atoms with E-state index in [1.165, 1.54) is 6.92 Å². The summed E-state index contributed by atoms with van der Waals surface area (Å²) < 4.78 is 56.1. The summed E-state index contributed by atoms with van der Waals surface area (Å²) in [6.07, 6.45) is 0. The van der Waals surface area contributed by atoms with E-state index in [4.69, 9.17) is 0 Å². The molecule has 8 heteroatoms. The first-order chi connectivity index (χ1) is 10.8. The Hall–Kier alpha value is -1.74. The lowest BCUT2D eigenvalue weighted by atomic mass is 10.2. The normalized spacial score (nSPS) is 13.6. The monoisotopic (exact) mass is 356 g/mol. The smallest absolute Gasteiger partial charge is 0.197 e. The van der Waals surface area contributed by atoms with Crippen LogP contribution < -0.4 is 0 Å². The van der Waals surface area contributed by atoms with Crippen LogP contribution in [0.3, 0.4) is 0 Å². The van der Waals surface area contributed by atoms with Crippen molar-refractivity contribution in [3.63, 3.8) is 0 Å². The molecule has 23 heavy (non-hydrogen) atoms. The molecule has 6 nitrogen and oxygen atoms in total. The second kappa shape index (κ2) is 7.22. The van der Waals surface area contributed by atoms with Crippen molar-refractivity contribution in [3.8, 4) is 0 Å². The van der Waals surface area contributed by atoms with Gasteiger partial charge in [0, 0.05) is 0 Å². The molecule has 124 valence electrons. The summed E-state index contributed by atoms with van der Waals surface area (Å²) >= 11 is 0. The summed E-state index contributed by atoms with van der Waals surface area (Å²) in [5.41, 5.74) is 0.932. The van der Waals surface area contributed by atoms with E-state index in [1.807, 2.05) is 0 Å². The first kappa shape index (κ1) is 17.6. The van der Waals surface area contributed by atoms with Gasteiger partial charge in [-0.3, -0.25) is 0 Å². The maximum atomic E-state index is 12.0. The van der Waals surface area contributed by atoms with Crippen LogP contribution in [0.25, 0.3) is 0 Å². The van der Waals surface area contributed by atoms with Gasteiger partial charge >= 0.3 is 10.1 Å². The Bertz CT molecular complexity index is 830. The topological polar surface area (TPSA) is 86.7 Å². The zero-order valence-electron chi connectivity index (χ0n) is 12.3. The minimum atomic E-state index is -4.24. The highest BCUT2D eigenvalue weighted by Gasteiger charge is 2.27. The molecule has 2 aromatic rings. The minimum absolute atomic E-state index is 0.463. The highest BCUT2D eigenvalue weighted by Crippen LogP contribution is 2.24. The highest BCUT2D eigenvalue weighted by molar-refractivity contribution is 7.88. The van der Waals surface area contributed by atoms with Crippen LogP contribution in [0.1, 0.15) is 23.3 Å². The van der Waals surface area contributed by atoms with Gasteiger partial charge in [0.25, 0.3) is 10.1 Å². The van der Waals surface area contributed by atoms with Crippen LogP contribution in [0, 0.1) is 0 Å². The SMILES string of the molecule is CC(c1ccccc1)S(=O)(=O)OOS(=O)(=O)Cc1ccccc1.